The molecule has 0 aliphatic rings. The minimum Gasteiger partial charge on any atom is -0.397 e. The molecular formula is C12H13ClN2. The van der Waals surface area contributed by atoms with Gasteiger partial charge >= 0.3 is 0 Å². The van der Waals surface area contributed by atoms with Crippen molar-refractivity contribution in [3.05, 3.63) is 60.5 Å². The molecule has 0 amide bonds. The van der Waals surface area contributed by atoms with Crippen molar-refractivity contribution in [1.82, 2.24) is 4.98 Å². The van der Waals surface area contributed by atoms with Crippen molar-refractivity contribution >= 4 is 17.3 Å². The largest absolute Gasteiger partial charge is 0.397 e. The molecule has 0 unspecified atom stereocenters. The lowest BCUT2D eigenvalue weighted by atomic mass is 10.2. The van der Waals surface area contributed by atoms with E-state index >= 15 is 0 Å². The first-order valence-electron chi connectivity index (χ1n) is 4.55. The van der Waals surface area contributed by atoms with Gasteiger partial charge in [0.15, 0.2) is 0 Å². The number of pyridine rings is 1. The van der Waals surface area contributed by atoms with Crippen LogP contribution in [-0.4, -0.2) is 4.98 Å². The summed E-state index contributed by atoms with van der Waals surface area (Å²) in [6.07, 6.45) is 7.09. The summed E-state index contributed by atoms with van der Waals surface area (Å²) >= 11 is 5.68. The van der Waals surface area contributed by atoms with E-state index in [4.69, 9.17) is 17.3 Å². The smallest absolute Gasteiger partial charge is 0.0862 e. The summed E-state index contributed by atoms with van der Waals surface area (Å²) in [5.41, 5.74) is 8.00. The highest BCUT2D eigenvalue weighted by Gasteiger charge is 1.98. The Hall–Kier alpha value is -1.54. The predicted molar refractivity (Wildman–Crippen MR) is 65.3 cm³/mol. The average molecular weight is 221 g/mol. The summed E-state index contributed by atoms with van der Waals surface area (Å²) in [6, 6.07) is 5.60. The van der Waals surface area contributed by atoms with Gasteiger partial charge in [0.25, 0.3) is 0 Å². The number of rotatable bonds is 4. The third kappa shape index (κ3) is 3.60. The maximum Gasteiger partial charge on any atom is 0.0862 e. The van der Waals surface area contributed by atoms with Crippen molar-refractivity contribution in [1.29, 1.82) is 0 Å². The first kappa shape index (κ1) is 11.5. The van der Waals surface area contributed by atoms with Gasteiger partial charge < -0.3 is 5.73 Å². The van der Waals surface area contributed by atoms with Gasteiger partial charge in [-0.15, -0.1) is 11.6 Å². The summed E-state index contributed by atoms with van der Waals surface area (Å²) in [6.45, 7) is 3.57. The molecule has 2 N–H and O–H groups in total. The third-order valence-electron chi connectivity index (χ3n) is 1.76. The summed E-state index contributed by atoms with van der Waals surface area (Å²) in [4.78, 5) is 4.28. The summed E-state index contributed by atoms with van der Waals surface area (Å²) in [5, 5.41) is 0. The van der Waals surface area contributed by atoms with Crippen LogP contribution in [0.15, 0.2) is 49.1 Å². The molecule has 0 saturated heterocycles. The SMILES string of the molecule is C=C/C=C\C=C(/N)c1cccc(CCl)n1. The molecule has 0 aliphatic carbocycles. The predicted octanol–water partition coefficient (Wildman–Crippen LogP) is 2.86. The van der Waals surface area contributed by atoms with Crippen molar-refractivity contribution in [3.63, 3.8) is 0 Å². The standard InChI is InChI=1S/C12H13ClN2/c1-2-3-4-7-11(14)12-8-5-6-10(9-13)15-12/h2-8H,1,9,14H2/b4-3-,11-7-. The maximum atomic E-state index is 5.83. The fourth-order valence-corrected chi connectivity index (χ4v) is 1.19. The van der Waals surface area contributed by atoms with Crippen LogP contribution in [0.4, 0.5) is 0 Å². The van der Waals surface area contributed by atoms with Crippen LogP contribution < -0.4 is 5.73 Å². The van der Waals surface area contributed by atoms with Crippen LogP contribution in [0, 0.1) is 0 Å². The number of hydrogen-bond donors (Lipinski definition) is 1. The van der Waals surface area contributed by atoms with E-state index in [9.17, 15) is 0 Å². The molecule has 0 aliphatic heterocycles. The fraction of sp³-hybridized carbons (Fsp3) is 0.0833. The quantitative estimate of drug-likeness (QED) is 0.626. The molecule has 1 aromatic heterocycles. The number of alkyl halides is 1. The minimum absolute atomic E-state index is 0.392. The second-order valence-electron chi connectivity index (χ2n) is 2.89. The molecule has 0 atom stereocenters. The third-order valence-corrected chi connectivity index (χ3v) is 2.04. The number of aromatic nitrogens is 1. The zero-order valence-electron chi connectivity index (χ0n) is 8.36. The zero-order chi connectivity index (χ0) is 11.1. The maximum absolute atomic E-state index is 5.83. The van der Waals surface area contributed by atoms with Crippen molar-refractivity contribution < 1.29 is 0 Å². The van der Waals surface area contributed by atoms with Crippen LogP contribution in [-0.2, 0) is 5.88 Å². The van der Waals surface area contributed by atoms with E-state index in [2.05, 4.69) is 11.6 Å². The van der Waals surface area contributed by atoms with E-state index in [0.29, 0.717) is 11.6 Å². The summed E-state index contributed by atoms with van der Waals surface area (Å²) in [5.74, 6) is 0.392. The van der Waals surface area contributed by atoms with E-state index in [1.165, 1.54) is 0 Å². The first-order chi connectivity index (χ1) is 7.27. The van der Waals surface area contributed by atoms with E-state index < -0.39 is 0 Å². The molecule has 0 spiro atoms. The van der Waals surface area contributed by atoms with Gasteiger partial charge in [0, 0.05) is 0 Å². The summed E-state index contributed by atoms with van der Waals surface area (Å²) in [7, 11) is 0. The molecule has 0 aromatic carbocycles. The molecule has 0 bridgehead atoms. The lowest BCUT2D eigenvalue weighted by Crippen LogP contribution is -2.00. The van der Waals surface area contributed by atoms with E-state index in [-0.39, 0.29) is 0 Å². The summed E-state index contributed by atoms with van der Waals surface area (Å²) < 4.78 is 0. The fourth-order valence-electron chi connectivity index (χ4n) is 1.04. The van der Waals surface area contributed by atoms with Gasteiger partial charge in [0.1, 0.15) is 0 Å². The van der Waals surface area contributed by atoms with Gasteiger partial charge in [-0.3, -0.25) is 4.98 Å². The van der Waals surface area contributed by atoms with E-state index in [1.54, 1.807) is 18.2 Å². The van der Waals surface area contributed by atoms with Crippen LogP contribution in [0.1, 0.15) is 11.4 Å². The number of hydrogen-bond acceptors (Lipinski definition) is 2. The average Bonchev–Trinajstić information content (AvgIpc) is 2.29. The van der Waals surface area contributed by atoms with Gasteiger partial charge in [-0.1, -0.05) is 30.9 Å². The highest BCUT2D eigenvalue weighted by molar-refractivity contribution is 6.16. The van der Waals surface area contributed by atoms with Crippen LogP contribution in [0.25, 0.3) is 5.70 Å². The normalized spacial score (nSPS) is 11.9. The molecular weight excluding hydrogens is 208 g/mol. The van der Waals surface area contributed by atoms with Crippen molar-refractivity contribution in [2.45, 2.75) is 5.88 Å². The molecule has 0 fully saturated rings. The Morgan fingerprint density at radius 2 is 2.27 bits per heavy atom. The molecule has 78 valence electrons. The van der Waals surface area contributed by atoms with Crippen LogP contribution >= 0.6 is 11.6 Å². The Bertz CT molecular complexity index is 394. The number of allylic oxidation sites excluding steroid dienone is 4. The molecule has 1 aromatic rings. The second kappa shape index (κ2) is 6.04. The van der Waals surface area contributed by atoms with Crippen molar-refractivity contribution in [3.8, 4) is 0 Å². The second-order valence-corrected chi connectivity index (χ2v) is 3.16. The molecule has 0 saturated carbocycles. The van der Waals surface area contributed by atoms with Crippen LogP contribution in [0.5, 0.6) is 0 Å². The Balaban J connectivity index is 2.90. The molecule has 1 rings (SSSR count). The Morgan fingerprint density at radius 1 is 1.47 bits per heavy atom. The monoisotopic (exact) mass is 220 g/mol. The zero-order valence-corrected chi connectivity index (χ0v) is 9.11. The first-order valence-corrected chi connectivity index (χ1v) is 5.08. The van der Waals surface area contributed by atoms with Crippen LogP contribution in [0.3, 0.4) is 0 Å². The van der Waals surface area contributed by atoms with Crippen molar-refractivity contribution in [2.75, 3.05) is 0 Å². The number of nitrogens with zero attached hydrogens (tertiary/aromatic N) is 1. The molecule has 2 nitrogen and oxygen atoms in total. The molecule has 3 heteroatoms. The van der Waals surface area contributed by atoms with Gasteiger partial charge in [0.2, 0.25) is 0 Å². The molecule has 1 heterocycles. The lowest BCUT2D eigenvalue weighted by Gasteiger charge is -2.01. The van der Waals surface area contributed by atoms with E-state index in [0.717, 1.165) is 11.4 Å². The lowest BCUT2D eigenvalue weighted by molar-refractivity contribution is 1.14. The topological polar surface area (TPSA) is 38.9 Å². The number of nitrogens with two attached hydrogens (primary N) is 1. The number of halogens is 1. The van der Waals surface area contributed by atoms with Gasteiger partial charge in [0.05, 0.1) is 23.0 Å². The minimum atomic E-state index is 0.392. The van der Waals surface area contributed by atoms with Gasteiger partial charge in [-0.25, -0.2) is 0 Å². The Morgan fingerprint density at radius 3 is 2.93 bits per heavy atom. The highest BCUT2D eigenvalue weighted by atomic mass is 35.5. The Kier molecular flexibility index (Phi) is 4.64. The molecule has 15 heavy (non-hydrogen) atoms. The van der Waals surface area contributed by atoms with Gasteiger partial charge in [-0.05, 0) is 18.2 Å². The molecule has 0 radical (unpaired) electrons. The highest BCUT2D eigenvalue weighted by Crippen LogP contribution is 2.08. The van der Waals surface area contributed by atoms with Crippen LogP contribution in [0.2, 0.25) is 0 Å². The Labute approximate surface area is 94.8 Å². The van der Waals surface area contributed by atoms with Gasteiger partial charge in [-0.2, -0.15) is 0 Å². The van der Waals surface area contributed by atoms with E-state index in [1.807, 2.05) is 24.3 Å². The van der Waals surface area contributed by atoms with Crippen molar-refractivity contribution in [2.24, 2.45) is 5.73 Å².